The highest BCUT2D eigenvalue weighted by Gasteiger charge is 2.16. The zero-order valence-corrected chi connectivity index (χ0v) is 15.5. The molecule has 2 aromatic rings. The molecule has 2 aromatic carbocycles. The topological polar surface area (TPSA) is 0 Å². The van der Waals surface area contributed by atoms with Gasteiger partial charge in [0.2, 0.25) is 0 Å². The molecule has 0 unspecified atom stereocenters. The summed E-state index contributed by atoms with van der Waals surface area (Å²) in [6.45, 7) is 6.79. The average Bonchev–Trinajstić information content (AvgIpc) is 2.61. The number of halogens is 1. The molecule has 0 amide bonds. The molecule has 0 nitrogen and oxygen atoms in total. The third kappa shape index (κ3) is 3.49. The van der Waals surface area contributed by atoms with Crippen LogP contribution < -0.4 is 0 Å². The Kier molecular flexibility index (Phi) is 4.23. The van der Waals surface area contributed by atoms with Crippen molar-refractivity contribution in [2.75, 3.05) is 0 Å². The standard InChI is InChI=1S/C19H17ClSSi/c1-22(2,3)11-10-14-12-15-6-4-5-7-18(15)21-19-9-8-16(20)13-17(14)19/h4-9,12-13H,1-3H3. The summed E-state index contributed by atoms with van der Waals surface area (Å²) in [5, 5.41) is 0.756. The summed E-state index contributed by atoms with van der Waals surface area (Å²) in [5.41, 5.74) is 6.91. The van der Waals surface area contributed by atoms with Gasteiger partial charge in [-0.15, -0.1) is 5.54 Å². The van der Waals surface area contributed by atoms with Crippen molar-refractivity contribution in [1.82, 2.24) is 0 Å². The van der Waals surface area contributed by atoms with Gasteiger partial charge < -0.3 is 0 Å². The predicted octanol–water partition coefficient (Wildman–Crippen LogP) is 6.23. The molecule has 0 radical (unpaired) electrons. The zero-order chi connectivity index (χ0) is 15.7. The van der Waals surface area contributed by atoms with Gasteiger partial charge >= 0.3 is 0 Å². The molecule has 0 N–H and O–H groups in total. The summed E-state index contributed by atoms with van der Waals surface area (Å²) in [4.78, 5) is 2.47. The van der Waals surface area contributed by atoms with Gasteiger partial charge in [-0.25, -0.2) is 0 Å². The van der Waals surface area contributed by atoms with Crippen molar-refractivity contribution in [3.05, 3.63) is 58.6 Å². The smallest absolute Gasteiger partial charge is 0.127 e. The maximum atomic E-state index is 6.22. The molecule has 3 rings (SSSR count). The molecule has 0 saturated heterocycles. The monoisotopic (exact) mass is 340 g/mol. The van der Waals surface area contributed by atoms with E-state index < -0.39 is 8.07 Å². The van der Waals surface area contributed by atoms with E-state index in [1.54, 1.807) is 11.8 Å². The van der Waals surface area contributed by atoms with Crippen molar-refractivity contribution in [3.63, 3.8) is 0 Å². The number of fused-ring (bicyclic) bond motifs is 2. The molecule has 0 bridgehead atoms. The molecule has 0 spiro atoms. The third-order valence-corrected chi connectivity index (χ3v) is 5.52. The fraction of sp³-hybridized carbons (Fsp3) is 0.158. The molecule has 0 aromatic heterocycles. The zero-order valence-electron chi connectivity index (χ0n) is 12.9. The minimum Gasteiger partial charge on any atom is -0.127 e. The molecule has 22 heavy (non-hydrogen) atoms. The van der Waals surface area contributed by atoms with Gasteiger partial charge in [0.1, 0.15) is 8.07 Å². The Morgan fingerprint density at radius 2 is 1.77 bits per heavy atom. The van der Waals surface area contributed by atoms with E-state index in [0.717, 1.165) is 16.2 Å². The van der Waals surface area contributed by atoms with Gasteiger partial charge in [0, 0.05) is 26.0 Å². The van der Waals surface area contributed by atoms with Crippen LogP contribution in [0.25, 0.3) is 11.6 Å². The first-order valence-corrected chi connectivity index (χ1v) is 11.9. The first-order chi connectivity index (χ1) is 10.4. The quantitative estimate of drug-likeness (QED) is 0.405. The van der Waals surface area contributed by atoms with Crippen LogP contribution in [0.4, 0.5) is 0 Å². The van der Waals surface area contributed by atoms with Gasteiger partial charge in [-0.05, 0) is 35.9 Å². The maximum absolute atomic E-state index is 6.22. The Bertz CT molecular complexity index is 819. The Hall–Kier alpha value is -1.40. The maximum Gasteiger partial charge on any atom is 0.129 e. The van der Waals surface area contributed by atoms with Crippen LogP contribution in [0.5, 0.6) is 0 Å². The van der Waals surface area contributed by atoms with Crippen LogP contribution in [0.1, 0.15) is 11.1 Å². The number of hydrogen-bond donors (Lipinski definition) is 0. The summed E-state index contributed by atoms with van der Waals surface area (Å²) in [5.74, 6) is 3.43. The van der Waals surface area contributed by atoms with E-state index in [0.29, 0.717) is 0 Å². The Labute approximate surface area is 142 Å². The molecule has 1 heterocycles. The highest BCUT2D eigenvalue weighted by atomic mass is 35.5. The molecule has 0 aliphatic carbocycles. The lowest BCUT2D eigenvalue weighted by Crippen LogP contribution is -2.16. The first kappa shape index (κ1) is 15.5. The third-order valence-electron chi connectivity index (χ3n) is 3.24. The van der Waals surface area contributed by atoms with Gasteiger partial charge in [0.05, 0.1) is 0 Å². The van der Waals surface area contributed by atoms with Crippen molar-refractivity contribution in [3.8, 4) is 11.5 Å². The lowest BCUT2D eigenvalue weighted by Gasteiger charge is -2.08. The second-order valence-electron chi connectivity index (χ2n) is 6.34. The molecule has 1 aliphatic heterocycles. The van der Waals surface area contributed by atoms with Gasteiger partial charge in [-0.3, -0.25) is 0 Å². The SMILES string of the molecule is C[Si](C)(C)C#CC1=Cc2ccccc2Sc2ccc(Cl)cc21. The van der Waals surface area contributed by atoms with Gasteiger partial charge in [-0.2, -0.15) is 0 Å². The van der Waals surface area contributed by atoms with E-state index in [4.69, 9.17) is 11.6 Å². The van der Waals surface area contributed by atoms with Crippen LogP contribution >= 0.6 is 23.4 Å². The molecule has 0 saturated carbocycles. The lowest BCUT2D eigenvalue weighted by molar-refractivity contribution is 1.38. The van der Waals surface area contributed by atoms with Crippen LogP contribution in [-0.2, 0) is 0 Å². The van der Waals surface area contributed by atoms with Gasteiger partial charge in [-0.1, -0.05) is 67.1 Å². The molecule has 110 valence electrons. The van der Waals surface area contributed by atoms with Crippen molar-refractivity contribution in [2.24, 2.45) is 0 Å². The van der Waals surface area contributed by atoms with Crippen LogP contribution in [0, 0.1) is 11.5 Å². The number of rotatable bonds is 0. The summed E-state index contributed by atoms with van der Waals surface area (Å²) in [6.07, 6.45) is 2.19. The van der Waals surface area contributed by atoms with Crippen LogP contribution in [0.3, 0.4) is 0 Å². The van der Waals surface area contributed by atoms with Gasteiger partial charge in [0.15, 0.2) is 0 Å². The first-order valence-electron chi connectivity index (χ1n) is 7.24. The summed E-state index contributed by atoms with van der Waals surface area (Å²) < 4.78 is 0. The number of allylic oxidation sites excluding steroid dienone is 1. The Balaban J connectivity index is 2.22. The van der Waals surface area contributed by atoms with Crippen LogP contribution in [-0.4, -0.2) is 8.07 Å². The fourth-order valence-electron chi connectivity index (χ4n) is 2.20. The number of hydrogen-bond acceptors (Lipinski definition) is 1. The van der Waals surface area contributed by atoms with Gasteiger partial charge in [0.25, 0.3) is 0 Å². The molecule has 3 heteroatoms. The van der Waals surface area contributed by atoms with E-state index in [1.165, 1.54) is 15.4 Å². The summed E-state index contributed by atoms with van der Waals surface area (Å²) in [6, 6.07) is 14.5. The van der Waals surface area contributed by atoms with Crippen LogP contribution in [0.15, 0.2) is 52.3 Å². The highest BCUT2D eigenvalue weighted by Crippen LogP contribution is 2.41. The minimum absolute atomic E-state index is 0.756. The van der Waals surface area contributed by atoms with Crippen molar-refractivity contribution in [1.29, 1.82) is 0 Å². The van der Waals surface area contributed by atoms with Crippen molar-refractivity contribution < 1.29 is 0 Å². The Morgan fingerprint density at radius 1 is 1.00 bits per heavy atom. The summed E-state index contributed by atoms with van der Waals surface area (Å²) in [7, 11) is -1.43. The normalized spacial score (nSPS) is 13.2. The predicted molar refractivity (Wildman–Crippen MR) is 101 cm³/mol. The van der Waals surface area contributed by atoms with E-state index in [-0.39, 0.29) is 0 Å². The van der Waals surface area contributed by atoms with E-state index >= 15 is 0 Å². The molecular weight excluding hydrogens is 324 g/mol. The van der Waals surface area contributed by atoms with E-state index in [2.05, 4.69) is 67.5 Å². The average molecular weight is 341 g/mol. The fourth-order valence-corrected chi connectivity index (χ4v) is 3.93. The second kappa shape index (κ2) is 6.00. The van der Waals surface area contributed by atoms with E-state index in [9.17, 15) is 0 Å². The van der Waals surface area contributed by atoms with Crippen molar-refractivity contribution in [2.45, 2.75) is 29.4 Å². The highest BCUT2D eigenvalue weighted by molar-refractivity contribution is 7.99. The second-order valence-corrected chi connectivity index (χ2v) is 12.6. The minimum atomic E-state index is -1.43. The summed E-state index contributed by atoms with van der Waals surface area (Å²) >= 11 is 8.00. The molecule has 0 fully saturated rings. The van der Waals surface area contributed by atoms with E-state index in [1.807, 2.05) is 12.1 Å². The molecular formula is C19H17ClSSi. The molecule has 1 aliphatic rings. The lowest BCUT2D eigenvalue weighted by atomic mass is 10.0. The van der Waals surface area contributed by atoms with Crippen LogP contribution in [0.2, 0.25) is 24.7 Å². The van der Waals surface area contributed by atoms with Crippen molar-refractivity contribution >= 4 is 43.1 Å². The largest absolute Gasteiger partial charge is 0.129 e. The number of benzene rings is 2. The molecule has 0 atom stereocenters. The Morgan fingerprint density at radius 3 is 2.55 bits per heavy atom.